The van der Waals surface area contributed by atoms with Gasteiger partial charge in [0.1, 0.15) is 6.61 Å². The number of carbonyl (C=O) groups is 1. The van der Waals surface area contributed by atoms with Gasteiger partial charge in [-0.25, -0.2) is 9.18 Å². The maximum absolute atomic E-state index is 13.4. The first-order chi connectivity index (χ1) is 13.0. The van der Waals surface area contributed by atoms with Crippen LogP contribution < -0.4 is 0 Å². The van der Waals surface area contributed by atoms with Crippen LogP contribution in [0.5, 0.6) is 5.75 Å². The molecule has 0 aliphatic rings. The predicted molar refractivity (Wildman–Crippen MR) is 101 cm³/mol. The zero-order valence-corrected chi connectivity index (χ0v) is 15.8. The van der Waals surface area contributed by atoms with Gasteiger partial charge in [-0.3, -0.25) is 4.98 Å². The van der Waals surface area contributed by atoms with Crippen molar-refractivity contribution in [2.24, 2.45) is 0 Å². The van der Waals surface area contributed by atoms with Crippen LogP contribution in [0.15, 0.2) is 36.5 Å². The van der Waals surface area contributed by atoms with E-state index in [1.165, 1.54) is 19.2 Å². The minimum Gasteiger partial charge on any atom is -0.505 e. The highest BCUT2D eigenvalue weighted by Gasteiger charge is 2.09. The molecule has 1 unspecified atom stereocenters. The van der Waals surface area contributed by atoms with E-state index in [1.807, 2.05) is 19.1 Å². The van der Waals surface area contributed by atoms with Crippen LogP contribution in [-0.2, 0) is 20.7 Å². The molecule has 2 rings (SSSR count). The van der Waals surface area contributed by atoms with Crippen molar-refractivity contribution in [2.45, 2.75) is 45.1 Å². The largest absolute Gasteiger partial charge is 0.505 e. The fraction of sp³-hybridized carbons (Fsp3) is 0.429. The average molecular weight is 375 g/mol. The fourth-order valence-electron chi connectivity index (χ4n) is 2.78. The van der Waals surface area contributed by atoms with Gasteiger partial charge in [-0.05, 0) is 62.4 Å². The van der Waals surface area contributed by atoms with Crippen LogP contribution in [0.4, 0.5) is 4.39 Å². The minimum absolute atomic E-state index is 0.00980. The van der Waals surface area contributed by atoms with Gasteiger partial charge in [0.25, 0.3) is 0 Å². The van der Waals surface area contributed by atoms with E-state index in [-0.39, 0.29) is 24.4 Å². The van der Waals surface area contributed by atoms with E-state index >= 15 is 0 Å². The Hall–Kier alpha value is -2.47. The number of benzene rings is 1. The predicted octanol–water partition coefficient (Wildman–Crippen LogP) is 4.27. The van der Waals surface area contributed by atoms with Crippen LogP contribution in [0, 0.1) is 5.82 Å². The molecule has 1 N–H and O–H groups in total. The maximum Gasteiger partial charge on any atom is 0.332 e. The molecule has 0 spiro atoms. The number of carbonyl (C=O) groups excluding carboxylic acids is 1. The molecule has 0 saturated carbocycles. The molecular weight excluding hydrogens is 349 g/mol. The Morgan fingerprint density at radius 2 is 2.04 bits per heavy atom. The number of phenolic OH excluding ortho intramolecular Hbond substituents is 1. The van der Waals surface area contributed by atoms with Crippen molar-refractivity contribution in [3.63, 3.8) is 0 Å². The van der Waals surface area contributed by atoms with E-state index in [4.69, 9.17) is 9.47 Å². The first-order valence-electron chi connectivity index (χ1n) is 9.12. The Labute approximate surface area is 159 Å². The lowest BCUT2D eigenvalue weighted by atomic mass is 10.0. The lowest BCUT2D eigenvalue weighted by Gasteiger charge is -2.12. The monoisotopic (exact) mass is 375 g/mol. The van der Waals surface area contributed by atoms with Gasteiger partial charge in [0.05, 0.1) is 11.8 Å². The second kappa shape index (κ2) is 10.6. The van der Waals surface area contributed by atoms with Crippen molar-refractivity contribution in [3.8, 4) is 17.0 Å². The molecule has 0 bridgehead atoms. The number of hydrogen-bond donors (Lipinski definition) is 1. The molecule has 0 fully saturated rings. The van der Waals surface area contributed by atoms with Crippen LogP contribution in [0.25, 0.3) is 11.3 Å². The molecular formula is C21H26FNO4. The Bertz CT molecular complexity index is 733. The lowest BCUT2D eigenvalue weighted by Crippen LogP contribution is -2.18. The molecule has 0 aliphatic heterocycles. The third-order valence-corrected chi connectivity index (χ3v) is 4.24. The summed E-state index contributed by atoms with van der Waals surface area (Å²) in [6.07, 6.45) is 6.49. The number of aromatic nitrogens is 1. The van der Waals surface area contributed by atoms with Crippen LogP contribution in [0.2, 0.25) is 0 Å². The Balaban J connectivity index is 1.71. The standard InChI is InChI=1S/C21H26FNO4/c1-15(27-21(25)14-26-2)6-4-3-5-7-16-8-10-19(23-13-16)17-9-11-20(24)18(22)12-17/h8-13,15,24H,3-7,14H2,1-2H3. The topological polar surface area (TPSA) is 68.7 Å². The van der Waals surface area contributed by atoms with Gasteiger partial charge >= 0.3 is 5.97 Å². The van der Waals surface area contributed by atoms with Gasteiger partial charge in [-0.1, -0.05) is 12.5 Å². The van der Waals surface area contributed by atoms with E-state index < -0.39 is 5.82 Å². The molecule has 1 heterocycles. The zero-order chi connectivity index (χ0) is 19.6. The molecule has 2 aromatic rings. The average Bonchev–Trinajstić information content (AvgIpc) is 2.64. The number of aromatic hydroxyl groups is 1. The van der Waals surface area contributed by atoms with E-state index in [1.54, 1.807) is 12.3 Å². The SMILES string of the molecule is COCC(=O)OC(C)CCCCCc1ccc(-c2ccc(O)c(F)c2)nc1. The number of methoxy groups -OCH3 is 1. The molecule has 1 aromatic carbocycles. The summed E-state index contributed by atoms with van der Waals surface area (Å²) in [6, 6.07) is 8.09. The third-order valence-electron chi connectivity index (χ3n) is 4.24. The van der Waals surface area contributed by atoms with Gasteiger partial charge in [0.15, 0.2) is 11.6 Å². The van der Waals surface area contributed by atoms with Crippen LogP contribution in [0.1, 0.15) is 38.2 Å². The second-order valence-electron chi connectivity index (χ2n) is 6.55. The summed E-state index contributed by atoms with van der Waals surface area (Å²) >= 11 is 0. The maximum atomic E-state index is 13.4. The quantitative estimate of drug-likeness (QED) is 0.496. The molecule has 5 nitrogen and oxygen atoms in total. The van der Waals surface area contributed by atoms with Gasteiger partial charge < -0.3 is 14.6 Å². The summed E-state index contributed by atoms with van der Waals surface area (Å²) in [4.78, 5) is 15.7. The summed E-state index contributed by atoms with van der Waals surface area (Å²) in [5.41, 5.74) is 2.43. The number of halogens is 1. The second-order valence-corrected chi connectivity index (χ2v) is 6.55. The molecule has 1 aromatic heterocycles. The number of hydrogen-bond acceptors (Lipinski definition) is 5. The van der Waals surface area contributed by atoms with Gasteiger partial charge in [-0.15, -0.1) is 0 Å². The highest BCUT2D eigenvalue weighted by molar-refractivity contribution is 5.70. The Kier molecular flexibility index (Phi) is 8.20. The van der Waals surface area contributed by atoms with Crippen molar-refractivity contribution >= 4 is 5.97 Å². The molecule has 0 radical (unpaired) electrons. The van der Waals surface area contributed by atoms with Crippen molar-refractivity contribution in [2.75, 3.05) is 13.7 Å². The molecule has 0 aliphatic carbocycles. The van der Waals surface area contributed by atoms with Crippen LogP contribution in [-0.4, -0.2) is 35.9 Å². The van der Waals surface area contributed by atoms with E-state index in [0.717, 1.165) is 37.7 Å². The van der Waals surface area contributed by atoms with Crippen molar-refractivity contribution in [1.82, 2.24) is 4.98 Å². The highest BCUT2D eigenvalue weighted by Crippen LogP contribution is 2.23. The summed E-state index contributed by atoms with van der Waals surface area (Å²) in [5.74, 6) is -1.34. The summed E-state index contributed by atoms with van der Waals surface area (Å²) in [6.45, 7) is 1.88. The number of rotatable bonds is 10. The first kappa shape index (κ1) is 20.8. The molecule has 146 valence electrons. The molecule has 1 atom stereocenters. The molecule has 0 amide bonds. The fourth-order valence-corrected chi connectivity index (χ4v) is 2.78. The van der Waals surface area contributed by atoms with E-state index in [0.29, 0.717) is 11.3 Å². The number of unbranched alkanes of at least 4 members (excludes halogenated alkanes) is 2. The highest BCUT2D eigenvalue weighted by atomic mass is 19.1. The number of nitrogens with zero attached hydrogens (tertiary/aromatic N) is 1. The summed E-state index contributed by atoms with van der Waals surface area (Å²) < 4.78 is 23.4. The Morgan fingerprint density at radius 1 is 1.22 bits per heavy atom. The molecule has 27 heavy (non-hydrogen) atoms. The Morgan fingerprint density at radius 3 is 2.70 bits per heavy atom. The van der Waals surface area contributed by atoms with Crippen LogP contribution >= 0.6 is 0 Å². The lowest BCUT2D eigenvalue weighted by molar-refractivity contribution is -0.152. The van der Waals surface area contributed by atoms with Crippen molar-refractivity contribution in [1.29, 1.82) is 0 Å². The smallest absolute Gasteiger partial charge is 0.332 e. The number of phenols is 1. The van der Waals surface area contributed by atoms with Crippen molar-refractivity contribution < 1.29 is 23.8 Å². The number of ether oxygens (including phenoxy) is 2. The normalized spacial score (nSPS) is 12.0. The number of esters is 1. The van der Waals surface area contributed by atoms with E-state index in [9.17, 15) is 14.3 Å². The van der Waals surface area contributed by atoms with Crippen LogP contribution in [0.3, 0.4) is 0 Å². The van der Waals surface area contributed by atoms with Gasteiger partial charge in [-0.2, -0.15) is 0 Å². The number of aryl methyl sites for hydroxylation is 1. The van der Waals surface area contributed by atoms with Gasteiger partial charge in [0.2, 0.25) is 0 Å². The zero-order valence-electron chi connectivity index (χ0n) is 15.8. The summed E-state index contributed by atoms with van der Waals surface area (Å²) in [5, 5.41) is 9.25. The third kappa shape index (κ3) is 6.98. The molecule has 0 saturated heterocycles. The minimum atomic E-state index is -0.652. The number of pyridine rings is 1. The first-order valence-corrected chi connectivity index (χ1v) is 9.12. The summed E-state index contributed by atoms with van der Waals surface area (Å²) in [7, 11) is 1.47. The van der Waals surface area contributed by atoms with E-state index in [2.05, 4.69) is 4.98 Å². The van der Waals surface area contributed by atoms with Crippen molar-refractivity contribution in [3.05, 3.63) is 47.9 Å². The van der Waals surface area contributed by atoms with Gasteiger partial charge in [0, 0.05) is 18.9 Å². The molecule has 6 heteroatoms.